The Hall–Kier alpha value is -1.83. The van der Waals surface area contributed by atoms with Crippen LogP contribution in [0.3, 0.4) is 0 Å². The summed E-state index contributed by atoms with van der Waals surface area (Å²) >= 11 is 0. The van der Waals surface area contributed by atoms with Crippen LogP contribution in [0.5, 0.6) is 5.75 Å². The first kappa shape index (κ1) is 28.7. The summed E-state index contributed by atoms with van der Waals surface area (Å²) in [6, 6.07) is 12.9. The van der Waals surface area contributed by atoms with Gasteiger partial charge >= 0.3 is 0 Å². The number of benzene rings is 1. The van der Waals surface area contributed by atoms with E-state index in [0.717, 1.165) is 36.8 Å². The predicted octanol–water partition coefficient (Wildman–Crippen LogP) is 10.7. The monoisotopic (exact) mass is 491 g/mol. The van der Waals surface area contributed by atoms with Crippen molar-refractivity contribution in [3.63, 3.8) is 0 Å². The van der Waals surface area contributed by atoms with Crippen LogP contribution in [-0.4, -0.2) is 11.6 Å². The van der Waals surface area contributed by atoms with Crippen molar-refractivity contribution in [1.82, 2.24) is 4.98 Å². The van der Waals surface area contributed by atoms with Gasteiger partial charge in [-0.15, -0.1) is 0 Å². The van der Waals surface area contributed by atoms with Gasteiger partial charge in [-0.1, -0.05) is 122 Å². The van der Waals surface area contributed by atoms with Crippen LogP contribution in [0.25, 0.3) is 11.3 Å². The number of unbranched alkanes of at least 4 members (excludes halogenated alkanes) is 12. The molecular weight excluding hydrogens is 438 g/mol. The Morgan fingerprint density at radius 2 is 1.33 bits per heavy atom. The molecule has 0 N–H and O–H groups in total. The molecule has 2 aromatic rings. The van der Waals surface area contributed by atoms with Crippen molar-refractivity contribution >= 4 is 0 Å². The SMILES string of the molecule is CCCCCCCCCCc1ccc(-c2ccc(OCCCCCCCCC3CCCC3)cc2)nc1. The minimum atomic E-state index is 0.826. The first-order chi connectivity index (χ1) is 17.8. The maximum Gasteiger partial charge on any atom is 0.119 e. The zero-order valence-electron chi connectivity index (χ0n) is 23.3. The summed E-state index contributed by atoms with van der Waals surface area (Å²) in [7, 11) is 0. The van der Waals surface area contributed by atoms with Crippen molar-refractivity contribution in [2.75, 3.05) is 6.61 Å². The Bertz CT molecular complexity index is 776. The van der Waals surface area contributed by atoms with Crippen LogP contribution in [0.2, 0.25) is 0 Å². The lowest BCUT2D eigenvalue weighted by atomic mass is 9.99. The molecule has 1 heterocycles. The second kappa shape index (κ2) is 18.4. The molecule has 3 rings (SSSR count). The average molecular weight is 492 g/mol. The van der Waals surface area contributed by atoms with E-state index >= 15 is 0 Å². The standard InChI is InChI=1S/C34H53NO/c1-2-3-4-5-6-7-11-14-21-31-22-27-34(35-29-31)32-23-25-33(26-24-32)36-28-17-12-9-8-10-13-18-30-19-15-16-20-30/h22-27,29-30H,2-21,28H2,1H3. The highest BCUT2D eigenvalue weighted by molar-refractivity contribution is 5.60. The number of nitrogens with zero attached hydrogens (tertiary/aromatic N) is 1. The molecule has 2 nitrogen and oxygen atoms in total. The van der Waals surface area contributed by atoms with Crippen LogP contribution in [0.4, 0.5) is 0 Å². The van der Waals surface area contributed by atoms with Crippen LogP contribution in [0.1, 0.15) is 134 Å². The highest BCUT2D eigenvalue weighted by Gasteiger charge is 2.13. The molecule has 1 aromatic carbocycles. The Morgan fingerprint density at radius 3 is 2.00 bits per heavy atom. The third-order valence-electron chi connectivity index (χ3n) is 8.04. The van der Waals surface area contributed by atoms with Gasteiger partial charge in [0.25, 0.3) is 0 Å². The lowest BCUT2D eigenvalue weighted by molar-refractivity contribution is 0.304. The molecule has 0 unspecified atom stereocenters. The van der Waals surface area contributed by atoms with E-state index in [0.29, 0.717) is 0 Å². The van der Waals surface area contributed by atoms with Crippen LogP contribution < -0.4 is 4.74 Å². The molecule has 0 atom stereocenters. The van der Waals surface area contributed by atoms with E-state index in [1.807, 2.05) is 0 Å². The molecule has 0 radical (unpaired) electrons. The van der Waals surface area contributed by atoms with Crippen LogP contribution >= 0.6 is 0 Å². The summed E-state index contributed by atoms with van der Waals surface area (Å²) in [4.78, 5) is 4.73. The van der Waals surface area contributed by atoms with Gasteiger partial charge in [-0.05, 0) is 61.1 Å². The second-order valence-electron chi connectivity index (χ2n) is 11.2. The van der Waals surface area contributed by atoms with Crippen molar-refractivity contribution < 1.29 is 4.74 Å². The Morgan fingerprint density at radius 1 is 0.694 bits per heavy atom. The predicted molar refractivity (Wildman–Crippen MR) is 156 cm³/mol. The van der Waals surface area contributed by atoms with Crippen molar-refractivity contribution in [1.29, 1.82) is 0 Å². The summed E-state index contributed by atoms with van der Waals surface area (Å²) in [6.07, 6.45) is 29.7. The number of aromatic nitrogens is 1. The minimum absolute atomic E-state index is 0.826. The van der Waals surface area contributed by atoms with Gasteiger partial charge in [-0.2, -0.15) is 0 Å². The molecule has 2 heteroatoms. The van der Waals surface area contributed by atoms with E-state index in [1.54, 1.807) is 0 Å². The summed E-state index contributed by atoms with van der Waals surface area (Å²) in [5.74, 6) is 2.03. The Kier molecular flexibility index (Phi) is 14.7. The summed E-state index contributed by atoms with van der Waals surface area (Å²) in [5, 5.41) is 0. The van der Waals surface area contributed by atoms with E-state index in [4.69, 9.17) is 9.72 Å². The van der Waals surface area contributed by atoms with Crippen molar-refractivity contribution in [2.24, 2.45) is 5.92 Å². The van der Waals surface area contributed by atoms with Crippen LogP contribution in [0, 0.1) is 5.92 Å². The molecule has 0 amide bonds. The summed E-state index contributed by atoms with van der Waals surface area (Å²) in [6.45, 7) is 3.11. The molecule has 1 aromatic heterocycles. The molecule has 1 aliphatic carbocycles. The molecule has 0 aliphatic heterocycles. The first-order valence-electron chi connectivity index (χ1n) is 15.5. The third kappa shape index (κ3) is 11.9. The topological polar surface area (TPSA) is 22.1 Å². The third-order valence-corrected chi connectivity index (χ3v) is 8.04. The molecule has 0 spiro atoms. The van der Waals surface area contributed by atoms with Crippen LogP contribution in [-0.2, 0) is 6.42 Å². The number of ether oxygens (including phenoxy) is 1. The van der Waals surface area contributed by atoms with E-state index in [-0.39, 0.29) is 0 Å². The van der Waals surface area contributed by atoms with Gasteiger partial charge in [0.05, 0.1) is 12.3 Å². The number of pyridine rings is 1. The van der Waals surface area contributed by atoms with E-state index in [2.05, 4.69) is 49.5 Å². The molecular formula is C34H53NO. The number of hydrogen-bond donors (Lipinski definition) is 0. The highest BCUT2D eigenvalue weighted by atomic mass is 16.5. The minimum Gasteiger partial charge on any atom is -0.494 e. The maximum absolute atomic E-state index is 5.98. The molecule has 36 heavy (non-hydrogen) atoms. The molecule has 200 valence electrons. The van der Waals surface area contributed by atoms with Crippen LogP contribution in [0.15, 0.2) is 42.6 Å². The average Bonchev–Trinajstić information content (AvgIpc) is 3.44. The molecule has 1 saturated carbocycles. The van der Waals surface area contributed by atoms with Gasteiger partial charge < -0.3 is 4.74 Å². The fourth-order valence-corrected chi connectivity index (χ4v) is 5.66. The zero-order valence-corrected chi connectivity index (χ0v) is 23.3. The van der Waals surface area contributed by atoms with Crippen molar-refractivity contribution in [3.05, 3.63) is 48.2 Å². The number of rotatable bonds is 20. The number of hydrogen-bond acceptors (Lipinski definition) is 2. The van der Waals surface area contributed by atoms with Crippen molar-refractivity contribution in [2.45, 2.75) is 135 Å². The van der Waals surface area contributed by atoms with E-state index in [9.17, 15) is 0 Å². The first-order valence-corrected chi connectivity index (χ1v) is 15.5. The quantitative estimate of drug-likeness (QED) is 0.172. The summed E-state index contributed by atoms with van der Waals surface area (Å²) < 4.78 is 5.98. The molecule has 1 aliphatic rings. The fourth-order valence-electron chi connectivity index (χ4n) is 5.66. The van der Waals surface area contributed by atoms with Gasteiger partial charge in [0.1, 0.15) is 5.75 Å². The van der Waals surface area contributed by atoms with Gasteiger partial charge in [0, 0.05) is 11.8 Å². The smallest absolute Gasteiger partial charge is 0.119 e. The van der Waals surface area contributed by atoms with Gasteiger partial charge in [-0.3, -0.25) is 4.98 Å². The zero-order chi connectivity index (χ0) is 25.1. The fraction of sp³-hybridized carbons (Fsp3) is 0.676. The molecule has 0 bridgehead atoms. The van der Waals surface area contributed by atoms with Gasteiger partial charge in [0.15, 0.2) is 0 Å². The van der Waals surface area contributed by atoms with Gasteiger partial charge in [-0.25, -0.2) is 0 Å². The second-order valence-corrected chi connectivity index (χ2v) is 11.2. The Balaban J connectivity index is 1.21. The van der Waals surface area contributed by atoms with Crippen molar-refractivity contribution in [3.8, 4) is 17.0 Å². The Labute approximate surface area is 222 Å². The van der Waals surface area contributed by atoms with E-state index < -0.39 is 0 Å². The lowest BCUT2D eigenvalue weighted by Crippen LogP contribution is -1.97. The highest BCUT2D eigenvalue weighted by Crippen LogP contribution is 2.29. The lowest BCUT2D eigenvalue weighted by Gasteiger charge is -2.09. The number of aryl methyl sites for hydroxylation is 1. The molecule has 0 saturated heterocycles. The van der Waals surface area contributed by atoms with Gasteiger partial charge in [0.2, 0.25) is 0 Å². The maximum atomic E-state index is 5.98. The summed E-state index contributed by atoms with van der Waals surface area (Å²) in [5.41, 5.74) is 3.58. The normalized spacial score (nSPS) is 13.9. The molecule has 1 fully saturated rings. The van der Waals surface area contributed by atoms with E-state index in [1.165, 1.54) is 127 Å². The largest absolute Gasteiger partial charge is 0.494 e.